The van der Waals surface area contributed by atoms with Gasteiger partial charge in [-0.05, 0) is 32.9 Å². The van der Waals surface area contributed by atoms with Crippen molar-refractivity contribution in [2.24, 2.45) is 0 Å². The average molecular weight is 416 g/mol. The van der Waals surface area contributed by atoms with Crippen molar-refractivity contribution in [1.82, 2.24) is 15.2 Å². The van der Waals surface area contributed by atoms with Gasteiger partial charge < -0.3 is 10.2 Å². The van der Waals surface area contributed by atoms with Gasteiger partial charge in [-0.3, -0.25) is 9.59 Å². The summed E-state index contributed by atoms with van der Waals surface area (Å²) in [5.41, 5.74) is 0.0475. The van der Waals surface area contributed by atoms with E-state index < -0.39 is 6.04 Å². The molecule has 0 spiro atoms. The Morgan fingerprint density at radius 2 is 2.12 bits per heavy atom. The van der Waals surface area contributed by atoms with Gasteiger partial charge in [-0.1, -0.05) is 11.6 Å². The second kappa shape index (κ2) is 7.26. The van der Waals surface area contributed by atoms with Gasteiger partial charge >= 0.3 is 0 Å². The molecule has 0 aromatic carbocycles. The summed E-state index contributed by atoms with van der Waals surface area (Å²) in [5, 5.41) is 5.46. The lowest BCUT2D eigenvalue weighted by molar-refractivity contribution is -0.125. The van der Waals surface area contributed by atoms with E-state index >= 15 is 0 Å². The van der Waals surface area contributed by atoms with Gasteiger partial charge in [-0.2, -0.15) is 0 Å². The lowest BCUT2D eigenvalue weighted by atomic mass is 10.1. The van der Waals surface area contributed by atoms with Crippen molar-refractivity contribution >= 4 is 57.9 Å². The normalized spacial score (nSPS) is 17.8. The van der Waals surface area contributed by atoms with Crippen LogP contribution in [-0.2, 0) is 4.79 Å². The number of carbonyl (C=O) groups is 2. The summed E-state index contributed by atoms with van der Waals surface area (Å²) in [6, 6.07) is 3.25. The SMILES string of the molecule is CC(C)(C)NC(=O)[C@H]1CSCN1C(=O)c1csc(-c2ccc(Cl)s2)n1. The molecule has 1 aliphatic rings. The molecule has 25 heavy (non-hydrogen) atoms. The quantitative estimate of drug-likeness (QED) is 0.824. The third-order valence-corrected chi connectivity index (χ3v) is 6.71. The molecule has 0 radical (unpaired) electrons. The first-order valence-electron chi connectivity index (χ1n) is 7.66. The smallest absolute Gasteiger partial charge is 0.274 e. The Morgan fingerprint density at radius 3 is 2.76 bits per heavy atom. The van der Waals surface area contributed by atoms with E-state index in [2.05, 4.69) is 10.3 Å². The number of hydrogen-bond acceptors (Lipinski definition) is 6. The van der Waals surface area contributed by atoms with Crippen LogP contribution in [0.25, 0.3) is 9.88 Å². The molecule has 2 amide bonds. The second-order valence-corrected chi connectivity index (χ2v) is 10.2. The van der Waals surface area contributed by atoms with Gasteiger partial charge in [0.1, 0.15) is 16.7 Å². The van der Waals surface area contributed by atoms with Gasteiger partial charge in [-0.25, -0.2) is 4.98 Å². The maximum Gasteiger partial charge on any atom is 0.274 e. The van der Waals surface area contributed by atoms with Crippen LogP contribution in [0.1, 0.15) is 31.3 Å². The number of thioether (sulfide) groups is 1. The van der Waals surface area contributed by atoms with Crippen molar-refractivity contribution in [3.63, 3.8) is 0 Å². The number of carbonyl (C=O) groups excluding carboxylic acids is 2. The molecule has 2 aromatic rings. The minimum absolute atomic E-state index is 0.119. The molecule has 1 saturated heterocycles. The van der Waals surface area contributed by atoms with Gasteiger partial charge in [0.15, 0.2) is 0 Å². The molecular formula is C16H18ClN3O2S3. The first-order valence-corrected chi connectivity index (χ1v) is 10.9. The molecule has 5 nitrogen and oxygen atoms in total. The number of halogens is 1. The van der Waals surface area contributed by atoms with E-state index in [9.17, 15) is 9.59 Å². The molecule has 0 unspecified atom stereocenters. The van der Waals surface area contributed by atoms with Crippen LogP contribution in [0, 0.1) is 0 Å². The van der Waals surface area contributed by atoms with Crippen LogP contribution in [-0.4, -0.2) is 44.9 Å². The predicted octanol–water partition coefficient (Wildman–Crippen LogP) is 3.95. The summed E-state index contributed by atoms with van der Waals surface area (Å²) in [4.78, 5) is 32.3. The topological polar surface area (TPSA) is 62.3 Å². The minimum Gasteiger partial charge on any atom is -0.350 e. The van der Waals surface area contributed by atoms with Gasteiger partial charge in [0.05, 0.1) is 15.1 Å². The first kappa shape index (κ1) is 18.7. The number of nitrogens with one attached hydrogen (secondary N) is 1. The molecule has 3 rings (SSSR count). The third kappa shape index (κ3) is 4.36. The van der Waals surface area contributed by atoms with Crippen LogP contribution in [0.3, 0.4) is 0 Å². The summed E-state index contributed by atoms with van der Waals surface area (Å²) in [5.74, 6) is 0.778. The highest BCUT2D eigenvalue weighted by molar-refractivity contribution is 7.99. The largest absolute Gasteiger partial charge is 0.350 e. The number of hydrogen-bond donors (Lipinski definition) is 1. The Morgan fingerprint density at radius 1 is 1.36 bits per heavy atom. The van der Waals surface area contributed by atoms with E-state index in [-0.39, 0.29) is 17.4 Å². The molecular weight excluding hydrogens is 398 g/mol. The van der Waals surface area contributed by atoms with E-state index in [1.165, 1.54) is 22.7 Å². The van der Waals surface area contributed by atoms with Crippen LogP contribution in [0.4, 0.5) is 0 Å². The Bertz CT molecular complexity index is 797. The lowest BCUT2D eigenvalue weighted by Gasteiger charge is -2.27. The molecule has 3 heterocycles. The predicted molar refractivity (Wildman–Crippen MR) is 106 cm³/mol. The van der Waals surface area contributed by atoms with E-state index in [0.29, 0.717) is 21.7 Å². The standard InChI is InChI=1S/C16H18ClN3O2S3/c1-16(2,3)19-13(21)10-7-23-8-20(10)15(22)9-6-24-14(18-9)11-4-5-12(17)25-11/h4-6,10H,7-8H2,1-3H3,(H,19,21)/t10-/m1/s1. The van der Waals surface area contributed by atoms with Gasteiger partial charge in [0, 0.05) is 16.7 Å². The zero-order valence-corrected chi connectivity index (χ0v) is 17.2. The fourth-order valence-electron chi connectivity index (χ4n) is 2.37. The van der Waals surface area contributed by atoms with Crippen molar-refractivity contribution in [2.75, 3.05) is 11.6 Å². The number of thiazole rings is 1. The highest BCUT2D eigenvalue weighted by atomic mass is 35.5. The molecule has 1 aliphatic heterocycles. The first-order chi connectivity index (χ1) is 11.7. The van der Waals surface area contributed by atoms with Gasteiger partial charge in [0.2, 0.25) is 5.91 Å². The maximum absolute atomic E-state index is 12.8. The summed E-state index contributed by atoms with van der Waals surface area (Å²) in [6.45, 7) is 5.79. The Hall–Kier alpha value is -1.09. The Kier molecular flexibility index (Phi) is 5.43. The van der Waals surface area contributed by atoms with Crippen molar-refractivity contribution in [3.05, 3.63) is 27.5 Å². The van der Waals surface area contributed by atoms with Gasteiger partial charge in [-0.15, -0.1) is 34.4 Å². The van der Waals surface area contributed by atoms with E-state index in [1.54, 1.807) is 22.0 Å². The van der Waals surface area contributed by atoms with Crippen molar-refractivity contribution < 1.29 is 9.59 Å². The molecule has 134 valence electrons. The molecule has 1 atom stereocenters. The van der Waals surface area contributed by atoms with Crippen molar-refractivity contribution in [2.45, 2.75) is 32.4 Å². The van der Waals surface area contributed by atoms with Gasteiger partial charge in [0.25, 0.3) is 5.91 Å². The Balaban J connectivity index is 1.76. The van der Waals surface area contributed by atoms with E-state index in [4.69, 9.17) is 11.6 Å². The lowest BCUT2D eigenvalue weighted by Crippen LogP contribution is -2.52. The Labute approximate surface area is 163 Å². The summed E-state index contributed by atoms with van der Waals surface area (Å²) in [7, 11) is 0. The fourth-order valence-corrected chi connectivity index (χ4v) is 5.44. The average Bonchev–Trinajstić information content (AvgIpc) is 3.24. The van der Waals surface area contributed by atoms with Crippen LogP contribution in [0.2, 0.25) is 4.34 Å². The molecule has 1 fully saturated rings. The minimum atomic E-state index is -0.460. The third-order valence-electron chi connectivity index (χ3n) is 3.45. The number of aromatic nitrogens is 1. The van der Waals surface area contributed by atoms with Crippen molar-refractivity contribution in [1.29, 1.82) is 0 Å². The summed E-state index contributed by atoms with van der Waals surface area (Å²) < 4.78 is 0.688. The molecule has 0 saturated carbocycles. The highest BCUT2D eigenvalue weighted by Crippen LogP contribution is 2.33. The number of thiophene rings is 1. The van der Waals surface area contributed by atoms with Crippen molar-refractivity contribution in [3.8, 4) is 9.88 Å². The van der Waals surface area contributed by atoms with Crippen LogP contribution in [0.15, 0.2) is 17.5 Å². The summed E-state index contributed by atoms with van der Waals surface area (Å²) in [6.07, 6.45) is 0. The molecule has 1 N–H and O–H groups in total. The fraction of sp³-hybridized carbons (Fsp3) is 0.438. The van der Waals surface area contributed by atoms with Crippen LogP contribution in [0.5, 0.6) is 0 Å². The zero-order valence-electron chi connectivity index (χ0n) is 14.0. The van der Waals surface area contributed by atoms with Crippen LogP contribution < -0.4 is 5.32 Å². The monoisotopic (exact) mass is 415 g/mol. The second-order valence-electron chi connectivity index (χ2n) is 6.67. The van der Waals surface area contributed by atoms with Crippen LogP contribution >= 0.6 is 46.0 Å². The zero-order chi connectivity index (χ0) is 18.2. The molecule has 0 aliphatic carbocycles. The molecule has 9 heteroatoms. The van der Waals surface area contributed by atoms with E-state index in [1.807, 2.05) is 32.9 Å². The maximum atomic E-state index is 12.8. The van der Waals surface area contributed by atoms with E-state index in [0.717, 1.165) is 9.88 Å². The molecule has 0 bridgehead atoms. The number of rotatable bonds is 3. The highest BCUT2D eigenvalue weighted by Gasteiger charge is 2.37. The summed E-state index contributed by atoms with van der Waals surface area (Å²) >= 11 is 10.4. The number of amides is 2. The number of nitrogens with zero attached hydrogens (tertiary/aromatic N) is 2. The molecule has 2 aromatic heterocycles.